The molecule has 0 aromatic rings. The molecule has 0 bridgehead atoms. The van der Waals surface area contributed by atoms with Gasteiger partial charge in [-0.1, -0.05) is 41.5 Å². The number of hydrogen-bond acceptors (Lipinski definition) is 0. The highest BCUT2D eigenvalue weighted by molar-refractivity contribution is 5.23. The van der Waals surface area contributed by atoms with Gasteiger partial charge in [-0.05, 0) is 40.9 Å². The van der Waals surface area contributed by atoms with Gasteiger partial charge < -0.3 is 0 Å². The van der Waals surface area contributed by atoms with E-state index in [1.165, 1.54) is 12.8 Å². The van der Waals surface area contributed by atoms with Crippen LogP contribution in [0, 0.1) is 28.1 Å². The lowest BCUT2D eigenvalue weighted by Crippen LogP contribution is -2.14. The number of rotatable bonds is 0. The third-order valence-corrected chi connectivity index (χ3v) is 4.33. The van der Waals surface area contributed by atoms with E-state index in [1.807, 2.05) is 0 Å². The average Bonchev–Trinajstić information content (AvgIpc) is 2.67. The highest BCUT2D eigenvalue weighted by atomic mass is 14.8. The van der Waals surface area contributed by atoms with Crippen LogP contribution in [0.1, 0.15) is 54.4 Å². The second-order valence-corrected chi connectivity index (χ2v) is 7.48. The molecule has 0 aliphatic heterocycles. The maximum Gasteiger partial charge on any atom is -0.0224 e. The molecule has 1 spiro atoms. The van der Waals surface area contributed by atoms with E-state index in [0.29, 0.717) is 10.8 Å². The zero-order valence-electron chi connectivity index (χ0n) is 10.1. The van der Waals surface area contributed by atoms with Crippen molar-refractivity contribution < 1.29 is 0 Å². The highest BCUT2D eigenvalue weighted by Crippen LogP contribution is 2.81. The van der Waals surface area contributed by atoms with Gasteiger partial charge in [0, 0.05) is 0 Å². The summed E-state index contributed by atoms with van der Waals surface area (Å²) in [6, 6.07) is 0. The van der Waals surface area contributed by atoms with Crippen molar-refractivity contribution >= 4 is 0 Å². The van der Waals surface area contributed by atoms with Gasteiger partial charge in [-0.15, -0.1) is 0 Å². The van der Waals surface area contributed by atoms with Crippen molar-refractivity contribution in [3.8, 4) is 0 Å². The normalized spacial score (nSPS) is 43.8. The molecule has 2 rings (SSSR count). The lowest BCUT2D eigenvalue weighted by molar-refractivity contribution is 0.275. The molecular weight excluding hydrogens is 156 g/mol. The van der Waals surface area contributed by atoms with Crippen molar-refractivity contribution in [2.75, 3.05) is 0 Å². The largest absolute Gasteiger partial charge is 0.0599 e. The molecule has 2 aliphatic rings. The maximum atomic E-state index is 2.41. The number of hydrogen-bond donors (Lipinski definition) is 0. The van der Waals surface area contributed by atoms with Crippen LogP contribution in [0.5, 0.6) is 0 Å². The second-order valence-electron chi connectivity index (χ2n) is 7.48. The van der Waals surface area contributed by atoms with E-state index in [0.717, 1.165) is 17.3 Å². The van der Waals surface area contributed by atoms with Crippen LogP contribution in [0.3, 0.4) is 0 Å². The minimum Gasteiger partial charge on any atom is -0.0599 e. The monoisotopic (exact) mass is 180 g/mol. The zero-order chi connectivity index (χ0) is 10.1. The van der Waals surface area contributed by atoms with E-state index in [9.17, 15) is 0 Å². The van der Waals surface area contributed by atoms with Crippen LogP contribution in [0.4, 0.5) is 0 Å². The summed E-state index contributed by atoms with van der Waals surface area (Å²) in [4.78, 5) is 0. The van der Waals surface area contributed by atoms with Crippen LogP contribution in [-0.2, 0) is 0 Å². The van der Waals surface area contributed by atoms with E-state index in [-0.39, 0.29) is 0 Å². The van der Waals surface area contributed by atoms with Crippen LogP contribution in [0.25, 0.3) is 0 Å². The van der Waals surface area contributed by atoms with Crippen molar-refractivity contribution in [1.29, 1.82) is 0 Å². The Morgan fingerprint density at radius 1 is 0.769 bits per heavy atom. The standard InChI is InChI=1S/C13H24/c1-11(2,3)9-7-13(9)8-10(13)12(4,5)6/h9-10H,7-8H2,1-6H3. The van der Waals surface area contributed by atoms with Crippen LogP contribution >= 0.6 is 0 Å². The third-order valence-electron chi connectivity index (χ3n) is 4.33. The van der Waals surface area contributed by atoms with E-state index >= 15 is 0 Å². The molecule has 0 heterocycles. The predicted octanol–water partition coefficient (Wildman–Crippen LogP) is 4.10. The molecule has 2 aliphatic carbocycles. The van der Waals surface area contributed by atoms with E-state index in [2.05, 4.69) is 41.5 Å². The topological polar surface area (TPSA) is 0 Å². The van der Waals surface area contributed by atoms with Gasteiger partial charge in [-0.2, -0.15) is 0 Å². The summed E-state index contributed by atoms with van der Waals surface area (Å²) < 4.78 is 0. The zero-order valence-corrected chi connectivity index (χ0v) is 10.1. The molecule has 13 heavy (non-hydrogen) atoms. The fraction of sp³-hybridized carbons (Fsp3) is 1.00. The molecule has 0 nitrogen and oxygen atoms in total. The highest BCUT2D eigenvalue weighted by Gasteiger charge is 2.74. The van der Waals surface area contributed by atoms with E-state index < -0.39 is 0 Å². The molecule has 0 radical (unpaired) electrons. The molecule has 0 N–H and O–H groups in total. The summed E-state index contributed by atoms with van der Waals surface area (Å²) in [7, 11) is 0. The molecule has 0 heteroatoms. The van der Waals surface area contributed by atoms with Gasteiger partial charge in [0.05, 0.1) is 0 Å². The lowest BCUT2D eigenvalue weighted by atomic mass is 9.84. The Labute approximate surface area is 83.1 Å². The van der Waals surface area contributed by atoms with E-state index in [1.54, 1.807) is 0 Å². The maximum absolute atomic E-state index is 2.41. The molecule has 0 aromatic carbocycles. The predicted molar refractivity (Wildman–Crippen MR) is 57.6 cm³/mol. The third kappa shape index (κ3) is 1.33. The van der Waals surface area contributed by atoms with Crippen LogP contribution in [0.15, 0.2) is 0 Å². The van der Waals surface area contributed by atoms with E-state index in [4.69, 9.17) is 0 Å². The van der Waals surface area contributed by atoms with Crippen molar-refractivity contribution in [3.05, 3.63) is 0 Å². The first-order valence-corrected chi connectivity index (χ1v) is 5.68. The van der Waals surface area contributed by atoms with Crippen molar-refractivity contribution in [2.24, 2.45) is 28.1 Å². The molecule has 2 unspecified atom stereocenters. The Kier molecular flexibility index (Phi) is 1.58. The van der Waals surface area contributed by atoms with Gasteiger partial charge in [0.25, 0.3) is 0 Å². The average molecular weight is 180 g/mol. The van der Waals surface area contributed by atoms with Gasteiger partial charge in [0.2, 0.25) is 0 Å². The van der Waals surface area contributed by atoms with Gasteiger partial charge in [-0.25, -0.2) is 0 Å². The summed E-state index contributed by atoms with van der Waals surface area (Å²) in [6.07, 6.45) is 3.02. The van der Waals surface area contributed by atoms with Crippen LogP contribution < -0.4 is 0 Å². The molecule has 2 fully saturated rings. The lowest BCUT2D eigenvalue weighted by Gasteiger charge is -2.21. The van der Waals surface area contributed by atoms with Crippen molar-refractivity contribution in [2.45, 2.75) is 54.4 Å². The minimum absolute atomic E-state index is 0.556. The summed E-state index contributed by atoms with van der Waals surface area (Å²) >= 11 is 0. The molecular formula is C13H24. The first kappa shape index (κ1) is 9.55. The first-order chi connectivity index (χ1) is 5.68. The SMILES string of the molecule is CC(C)(C)C1CC12CC2C(C)(C)C. The Hall–Kier alpha value is 0. The van der Waals surface area contributed by atoms with Gasteiger partial charge in [0.1, 0.15) is 0 Å². The molecule has 2 atom stereocenters. The molecule has 0 saturated heterocycles. The summed E-state index contributed by atoms with van der Waals surface area (Å²) in [6.45, 7) is 14.4. The van der Waals surface area contributed by atoms with Crippen LogP contribution in [0.2, 0.25) is 0 Å². The molecule has 2 saturated carbocycles. The molecule has 76 valence electrons. The summed E-state index contributed by atoms with van der Waals surface area (Å²) in [5.74, 6) is 2.04. The van der Waals surface area contributed by atoms with Gasteiger partial charge in [-0.3, -0.25) is 0 Å². The first-order valence-electron chi connectivity index (χ1n) is 5.68. The van der Waals surface area contributed by atoms with Crippen LogP contribution in [-0.4, -0.2) is 0 Å². The Balaban J connectivity index is 2.02. The smallest absolute Gasteiger partial charge is 0.0224 e. The Morgan fingerprint density at radius 3 is 1.23 bits per heavy atom. The minimum atomic E-state index is 0.556. The molecule has 0 aromatic heterocycles. The molecule has 0 amide bonds. The van der Waals surface area contributed by atoms with Crippen molar-refractivity contribution in [3.63, 3.8) is 0 Å². The van der Waals surface area contributed by atoms with Gasteiger partial charge in [0.15, 0.2) is 0 Å². The summed E-state index contributed by atoms with van der Waals surface area (Å²) in [5.41, 5.74) is 1.91. The fourth-order valence-electron chi connectivity index (χ4n) is 3.59. The fourth-order valence-corrected chi connectivity index (χ4v) is 3.59. The van der Waals surface area contributed by atoms with Gasteiger partial charge >= 0.3 is 0 Å². The van der Waals surface area contributed by atoms with Crippen molar-refractivity contribution in [1.82, 2.24) is 0 Å². The Morgan fingerprint density at radius 2 is 1.08 bits per heavy atom. The quantitative estimate of drug-likeness (QED) is 0.526. The second kappa shape index (κ2) is 2.15. The summed E-state index contributed by atoms with van der Waals surface area (Å²) in [5, 5.41) is 0. The Bertz CT molecular complexity index is 197.